The predicted molar refractivity (Wildman–Crippen MR) is 120 cm³/mol. The monoisotopic (exact) mass is 468 g/mol. The SMILES string of the molecule is CCCCCCCCCCNC(=O)C(=O)Nc1ccc(S(=O)(=O)N(C)C(=O)C(N)=O)cc1. The van der Waals surface area contributed by atoms with Crippen molar-refractivity contribution in [3.63, 3.8) is 0 Å². The summed E-state index contributed by atoms with van der Waals surface area (Å²) in [4.78, 5) is 46.0. The van der Waals surface area contributed by atoms with E-state index in [1.807, 2.05) is 0 Å². The molecule has 0 saturated heterocycles. The molecule has 32 heavy (non-hydrogen) atoms. The van der Waals surface area contributed by atoms with Gasteiger partial charge in [0.25, 0.3) is 10.0 Å². The summed E-state index contributed by atoms with van der Waals surface area (Å²) < 4.78 is 24.9. The Kier molecular flexibility index (Phi) is 11.4. The summed E-state index contributed by atoms with van der Waals surface area (Å²) in [6, 6.07) is 4.79. The van der Waals surface area contributed by atoms with Gasteiger partial charge in [-0.05, 0) is 30.7 Å². The topological polar surface area (TPSA) is 156 Å². The number of carbonyl (C=O) groups excluding carboxylic acids is 4. The fraction of sp³-hybridized carbons (Fsp3) is 0.524. The van der Waals surface area contributed by atoms with Crippen LogP contribution in [0.2, 0.25) is 0 Å². The lowest BCUT2D eigenvalue weighted by Crippen LogP contribution is -2.41. The molecule has 178 valence electrons. The molecule has 0 heterocycles. The van der Waals surface area contributed by atoms with E-state index in [0.717, 1.165) is 38.4 Å². The smallest absolute Gasteiger partial charge is 0.325 e. The van der Waals surface area contributed by atoms with Gasteiger partial charge in [0.15, 0.2) is 0 Å². The number of amides is 4. The maximum atomic E-state index is 12.3. The van der Waals surface area contributed by atoms with Crippen LogP contribution < -0.4 is 16.4 Å². The summed E-state index contributed by atoms with van der Waals surface area (Å²) in [6.45, 7) is 2.58. The average molecular weight is 469 g/mol. The molecule has 0 atom stereocenters. The number of anilines is 1. The van der Waals surface area contributed by atoms with Crippen molar-refractivity contribution in [2.24, 2.45) is 5.73 Å². The molecule has 4 amide bonds. The largest absolute Gasteiger partial charge is 0.361 e. The van der Waals surface area contributed by atoms with Gasteiger partial charge in [-0.1, -0.05) is 51.9 Å². The first-order chi connectivity index (χ1) is 15.1. The number of hydrogen-bond donors (Lipinski definition) is 3. The third-order valence-electron chi connectivity index (χ3n) is 4.79. The maximum absolute atomic E-state index is 12.3. The van der Waals surface area contributed by atoms with Gasteiger partial charge < -0.3 is 16.4 Å². The highest BCUT2D eigenvalue weighted by Gasteiger charge is 2.28. The first-order valence-electron chi connectivity index (χ1n) is 10.6. The molecule has 1 aromatic rings. The van der Waals surface area contributed by atoms with E-state index in [9.17, 15) is 27.6 Å². The molecule has 0 radical (unpaired) electrons. The Morgan fingerprint density at radius 1 is 0.875 bits per heavy atom. The van der Waals surface area contributed by atoms with E-state index in [-0.39, 0.29) is 14.9 Å². The normalized spacial score (nSPS) is 10.9. The molecule has 0 aromatic heterocycles. The summed E-state index contributed by atoms with van der Waals surface area (Å²) in [5, 5.41) is 4.92. The Bertz CT molecular complexity index is 899. The fourth-order valence-corrected chi connectivity index (χ4v) is 3.97. The van der Waals surface area contributed by atoms with Gasteiger partial charge in [0.2, 0.25) is 0 Å². The van der Waals surface area contributed by atoms with Crippen molar-refractivity contribution in [1.29, 1.82) is 0 Å². The molecule has 0 saturated carbocycles. The van der Waals surface area contributed by atoms with Crippen molar-refractivity contribution >= 4 is 39.3 Å². The van der Waals surface area contributed by atoms with Crippen LogP contribution >= 0.6 is 0 Å². The average Bonchev–Trinajstić information content (AvgIpc) is 2.76. The minimum atomic E-state index is -4.28. The van der Waals surface area contributed by atoms with Gasteiger partial charge in [0.05, 0.1) is 4.90 Å². The molecule has 1 rings (SSSR count). The Balaban J connectivity index is 2.46. The fourth-order valence-electron chi connectivity index (χ4n) is 2.86. The zero-order chi connectivity index (χ0) is 24.1. The van der Waals surface area contributed by atoms with E-state index < -0.39 is 33.7 Å². The van der Waals surface area contributed by atoms with Gasteiger partial charge in [-0.25, -0.2) is 12.7 Å². The van der Waals surface area contributed by atoms with E-state index in [1.54, 1.807) is 0 Å². The molecule has 1 aromatic carbocycles. The minimum absolute atomic E-state index is 0.195. The van der Waals surface area contributed by atoms with Crippen molar-refractivity contribution in [3.05, 3.63) is 24.3 Å². The van der Waals surface area contributed by atoms with Crippen LogP contribution in [-0.2, 0) is 29.2 Å². The molecule has 0 spiro atoms. The van der Waals surface area contributed by atoms with Crippen LogP contribution in [0.4, 0.5) is 5.69 Å². The lowest BCUT2D eigenvalue weighted by atomic mass is 10.1. The molecule has 0 unspecified atom stereocenters. The number of benzene rings is 1. The molecule has 11 heteroatoms. The summed E-state index contributed by atoms with van der Waals surface area (Å²) in [5.41, 5.74) is 5.01. The van der Waals surface area contributed by atoms with Gasteiger partial charge in [-0.15, -0.1) is 0 Å². The number of primary amides is 1. The first-order valence-corrected chi connectivity index (χ1v) is 12.1. The van der Waals surface area contributed by atoms with Crippen molar-refractivity contribution in [3.8, 4) is 0 Å². The van der Waals surface area contributed by atoms with Crippen LogP contribution in [0.25, 0.3) is 0 Å². The maximum Gasteiger partial charge on any atom is 0.325 e. The summed E-state index contributed by atoms with van der Waals surface area (Å²) >= 11 is 0. The highest BCUT2D eigenvalue weighted by Crippen LogP contribution is 2.17. The van der Waals surface area contributed by atoms with Crippen LogP contribution in [0.5, 0.6) is 0 Å². The number of likely N-dealkylation sites (N-methyl/N-ethyl adjacent to an activating group) is 1. The third kappa shape index (κ3) is 8.66. The van der Waals surface area contributed by atoms with Crippen LogP contribution in [0, 0.1) is 0 Å². The van der Waals surface area contributed by atoms with Crippen molar-refractivity contribution in [2.75, 3.05) is 18.9 Å². The number of carbonyl (C=O) groups is 4. The minimum Gasteiger partial charge on any atom is -0.361 e. The lowest BCUT2D eigenvalue weighted by molar-refractivity contribution is -0.140. The standard InChI is InChI=1S/C21H32N4O6S/c1-3-4-5-6-7-8-9-10-15-23-19(27)20(28)24-16-11-13-17(14-12-16)32(30,31)25(2)21(29)18(22)26/h11-14H,3-10,15H2,1-2H3,(H2,22,26)(H,23,27)(H,24,28). The van der Waals surface area contributed by atoms with Gasteiger partial charge in [0.1, 0.15) is 0 Å². The zero-order valence-corrected chi connectivity index (χ0v) is 19.4. The molecule has 0 aliphatic heterocycles. The van der Waals surface area contributed by atoms with Crippen LogP contribution in [0.15, 0.2) is 29.2 Å². The van der Waals surface area contributed by atoms with Crippen LogP contribution in [-0.4, -0.2) is 49.9 Å². The van der Waals surface area contributed by atoms with Gasteiger partial charge in [-0.2, -0.15) is 0 Å². The second-order valence-corrected chi connectivity index (χ2v) is 9.32. The number of rotatable bonds is 12. The number of unbranched alkanes of at least 4 members (excludes halogenated alkanes) is 7. The van der Waals surface area contributed by atoms with Crippen LogP contribution in [0.1, 0.15) is 58.3 Å². The molecular weight excluding hydrogens is 436 g/mol. The van der Waals surface area contributed by atoms with Gasteiger partial charge in [0, 0.05) is 19.3 Å². The zero-order valence-electron chi connectivity index (χ0n) is 18.6. The van der Waals surface area contributed by atoms with E-state index in [2.05, 4.69) is 17.6 Å². The predicted octanol–water partition coefficient (Wildman–Crippen LogP) is 1.51. The first kappa shape index (κ1) is 27.1. The van der Waals surface area contributed by atoms with E-state index in [1.165, 1.54) is 44.2 Å². The summed E-state index contributed by atoms with van der Waals surface area (Å²) in [5.74, 6) is -4.44. The molecule has 0 fully saturated rings. The lowest BCUT2D eigenvalue weighted by Gasteiger charge is -2.16. The molecule has 0 bridgehead atoms. The van der Waals surface area contributed by atoms with E-state index >= 15 is 0 Å². The Morgan fingerprint density at radius 3 is 1.94 bits per heavy atom. The van der Waals surface area contributed by atoms with Crippen molar-refractivity contribution in [1.82, 2.24) is 9.62 Å². The highest BCUT2D eigenvalue weighted by atomic mass is 32.2. The number of nitrogens with one attached hydrogen (secondary N) is 2. The van der Waals surface area contributed by atoms with Crippen molar-refractivity contribution < 1.29 is 27.6 Å². The number of nitrogens with zero attached hydrogens (tertiary/aromatic N) is 1. The number of nitrogens with two attached hydrogens (primary N) is 1. The van der Waals surface area contributed by atoms with Gasteiger partial charge >= 0.3 is 23.6 Å². The summed E-state index contributed by atoms with van der Waals surface area (Å²) in [6.07, 6.45) is 8.99. The van der Waals surface area contributed by atoms with Gasteiger partial charge in [-0.3, -0.25) is 19.2 Å². The quantitative estimate of drug-likeness (QED) is 0.312. The third-order valence-corrected chi connectivity index (χ3v) is 6.54. The van der Waals surface area contributed by atoms with E-state index in [4.69, 9.17) is 5.73 Å². The Labute approximate surface area is 189 Å². The Hall–Kier alpha value is -2.95. The number of hydrogen-bond acceptors (Lipinski definition) is 6. The molecule has 10 nitrogen and oxygen atoms in total. The number of sulfonamides is 1. The summed E-state index contributed by atoms with van der Waals surface area (Å²) in [7, 11) is -3.37. The Morgan fingerprint density at radius 2 is 1.41 bits per heavy atom. The van der Waals surface area contributed by atoms with Crippen molar-refractivity contribution in [2.45, 2.75) is 63.2 Å². The molecule has 0 aliphatic rings. The second-order valence-electron chi connectivity index (χ2n) is 7.35. The highest BCUT2D eigenvalue weighted by molar-refractivity contribution is 7.89. The molecule has 0 aliphatic carbocycles. The van der Waals surface area contributed by atoms with Crippen LogP contribution in [0.3, 0.4) is 0 Å². The molecular formula is C21H32N4O6S. The van der Waals surface area contributed by atoms with E-state index in [0.29, 0.717) is 6.54 Å². The second kappa shape index (κ2) is 13.5. The molecule has 4 N–H and O–H groups in total.